The number of carboxylic acid groups (broad SMARTS) is 1. The molecule has 3 heterocycles. The molecule has 40 heavy (non-hydrogen) atoms. The highest BCUT2D eigenvalue weighted by Crippen LogP contribution is 2.31. The van der Waals surface area contributed by atoms with Crippen molar-refractivity contribution in [2.45, 2.75) is 71.4 Å². The summed E-state index contributed by atoms with van der Waals surface area (Å²) in [6.45, 7) is 6.95. The molecule has 216 valence electrons. The summed E-state index contributed by atoms with van der Waals surface area (Å²) in [5.41, 5.74) is 1.85. The van der Waals surface area contributed by atoms with Crippen LogP contribution in [0.3, 0.4) is 0 Å². The molecule has 0 radical (unpaired) electrons. The Labute approximate surface area is 235 Å². The normalized spacial score (nSPS) is 15.6. The van der Waals surface area contributed by atoms with Crippen LogP contribution in [0.1, 0.15) is 79.7 Å². The molecule has 10 nitrogen and oxygen atoms in total. The van der Waals surface area contributed by atoms with Crippen LogP contribution in [0.25, 0.3) is 10.9 Å². The third-order valence-corrected chi connectivity index (χ3v) is 7.70. The van der Waals surface area contributed by atoms with Crippen molar-refractivity contribution in [3.63, 3.8) is 0 Å². The number of hydrogen-bond acceptors (Lipinski definition) is 5. The molecule has 0 unspecified atom stereocenters. The second-order valence-electron chi connectivity index (χ2n) is 11.2. The maximum absolute atomic E-state index is 14.1. The van der Waals surface area contributed by atoms with E-state index in [1.54, 1.807) is 23.8 Å². The lowest BCUT2D eigenvalue weighted by molar-refractivity contribution is -0.135. The van der Waals surface area contributed by atoms with E-state index in [2.05, 4.69) is 10.3 Å². The van der Waals surface area contributed by atoms with Gasteiger partial charge in [0.2, 0.25) is 11.8 Å². The van der Waals surface area contributed by atoms with Crippen molar-refractivity contribution in [2.24, 2.45) is 13.0 Å². The number of amides is 3. The number of fused-ring (bicyclic) bond motifs is 1. The molecule has 4 rings (SSSR count). The second-order valence-corrected chi connectivity index (χ2v) is 11.2. The van der Waals surface area contributed by atoms with Crippen molar-refractivity contribution >= 4 is 28.8 Å². The molecule has 3 aromatic rings. The minimum absolute atomic E-state index is 0.154. The number of benzene rings is 1. The third-order valence-electron chi connectivity index (χ3n) is 7.70. The lowest BCUT2D eigenvalue weighted by atomic mass is 10.00. The number of nitrogens with one attached hydrogen (secondary N) is 1. The highest BCUT2D eigenvalue weighted by Gasteiger charge is 2.34. The molecular weight excluding hydrogens is 510 g/mol. The third kappa shape index (κ3) is 6.48. The van der Waals surface area contributed by atoms with E-state index in [4.69, 9.17) is 4.42 Å². The molecule has 10 heteroatoms. The zero-order valence-corrected chi connectivity index (χ0v) is 24.1. The molecule has 1 aromatic carbocycles. The lowest BCUT2D eigenvalue weighted by Crippen LogP contribution is -2.53. The van der Waals surface area contributed by atoms with Gasteiger partial charge in [0, 0.05) is 50.7 Å². The number of rotatable bonds is 9. The Hall–Kier alpha value is -3.82. The summed E-state index contributed by atoms with van der Waals surface area (Å²) < 4.78 is 7.89. The zero-order chi connectivity index (χ0) is 29.0. The van der Waals surface area contributed by atoms with E-state index in [9.17, 15) is 19.5 Å². The van der Waals surface area contributed by atoms with Crippen LogP contribution in [0, 0.1) is 12.8 Å². The monoisotopic (exact) mass is 551 g/mol. The van der Waals surface area contributed by atoms with Crippen molar-refractivity contribution < 1.29 is 23.9 Å². The van der Waals surface area contributed by atoms with Gasteiger partial charge in [0.25, 0.3) is 0 Å². The fourth-order valence-corrected chi connectivity index (χ4v) is 5.55. The first kappa shape index (κ1) is 29.2. The number of nitrogens with zero attached hydrogens (tertiary/aromatic N) is 4. The van der Waals surface area contributed by atoms with Crippen LogP contribution in [-0.4, -0.2) is 68.5 Å². The molecule has 1 fully saturated rings. The molecule has 0 spiro atoms. The van der Waals surface area contributed by atoms with Gasteiger partial charge in [-0.15, -0.1) is 0 Å². The number of hydrogen-bond donors (Lipinski definition) is 2. The number of likely N-dealkylation sites (N-methyl/N-ethyl adjacent to an activating group) is 1. The highest BCUT2D eigenvalue weighted by atomic mass is 16.4. The molecule has 0 saturated carbocycles. The van der Waals surface area contributed by atoms with Crippen LogP contribution in [0.4, 0.5) is 4.79 Å². The van der Waals surface area contributed by atoms with Crippen LogP contribution < -0.4 is 5.32 Å². The van der Waals surface area contributed by atoms with E-state index in [1.165, 1.54) is 0 Å². The molecule has 1 saturated heterocycles. The highest BCUT2D eigenvalue weighted by molar-refractivity contribution is 5.88. The number of carboxylic acids is 1. The van der Waals surface area contributed by atoms with Gasteiger partial charge in [0.1, 0.15) is 17.8 Å². The van der Waals surface area contributed by atoms with E-state index in [0.717, 1.165) is 42.1 Å². The second kappa shape index (κ2) is 12.6. The topological polar surface area (TPSA) is 121 Å². The van der Waals surface area contributed by atoms with Gasteiger partial charge < -0.3 is 29.2 Å². The molecule has 2 atom stereocenters. The summed E-state index contributed by atoms with van der Waals surface area (Å²) in [4.78, 5) is 46.7. The first-order valence-electron chi connectivity index (χ1n) is 14.1. The average molecular weight is 552 g/mol. The number of urea groups is 1. The van der Waals surface area contributed by atoms with Gasteiger partial charge in [0.15, 0.2) is 5.69 Å². The Kier molecular flexibility index (Phi) is 9.17. The van der Waals surface area contributed by atoms with Crippen LogP contribution in [0.15, 0.2) is 34.9 Å². The smallest absolute Gasteiger partial charge is 0.358 e. The van der Waals surface area contributed by atoms with Crippen LogP contribution >= 0.6 is 0 Å². The first-order chi connectivity index (χ1) is 19.1. The summed E-state index contributed by atoms with van der Waals surface area (Å²) in [6, 6.07) is 6.33. The molecule has 1 aliphatic rings. The van der Waals surface area contributed by atoms with E-state index in [0.29, 0.717) is 25.9 Å². The van der Waals surface area contributed by atoms with Gasteiger partial charge in [-0.1, -0.05) is 44.9 Å². The fourth-order valence-electron chi connectivity index (χ4n) is 5.55. The molecule has 1 aliphatic heterocycles. The number of aromatic nitrogens is 2. The first-order valence-corrected chi connectivity index (χ1v) is 14.1. The Bertz CT molecular complexity index is 1350. The number of carbonyl (C=O) groups is 3. The summed E-state index contributed by atoms with van der Waals surface area (Å²) >= 11 is 0. The van der Waals surface area contributed by atoms with Crippen molar-refractivity contribution in [2.75, 3.05) is 20.1 Å². The Morgan fingerprint density at radius 1 is 1.12 bits per heavy atom. The van der Waals surface area contributed by atoms with Crippen molar-refractivity contribution in [3.8, 4) is 0 Å². The predicted octanol–water partition coefficient (Wildman–Crippen LogP) is 4.92. The van der Waals surface area contributed by atoms with E-state index >= 15 is 0 Å². The Balaban J connectivity index is 1.66. The lowest BCUT2D eigenvalue weighted by Gasteiger charge is -2.32. The standard InChI is InChI=1S/C30H41N5O5/c1-19(2)16-23(31-30(39)35-14-10-6-7-11-15-35)28(36)34(5)25(27-32-26(29(37)38)20(3)40-27)17-21-18-33(4)24-13-9-8-12-22(21)24/h8-9,12-13,18-19,23,25H,6-7,10-11,14-17H2,1-5H3,(H,31,39)(H,37,38)/t23-,25+/m0/s1. The maximum Gasteiger partial charge on any atom is 0.358 e. The summed E-state index contributed by atoms with van der Waals surface area (Å²) in [5, 5.41) is 13.7. The number of likely N-dealkylation sites (tertiary alicyclic amines) is 1. The largest absolute Gasteiger partial charge is 0.476 e. The molecule has 3 amide bonds. The summed E-state index contributed by atoms with van der Waals surface area (Å²) in [6.07, 6.45) is 6.95. The molecular formula is C30H41N5O5. The SMILES string of the molecule is Cc1oc([C@@H](Cc2cn(C)c3ccccc23)N(C)C(=O)[C@H](CC(C)C)NC(=O)N2CCCCCC2)nc1C(=O)O. The van der Waals surface area contributed by atoms with Crippen molar-refractivity contribution in [1.29, 1.82) is 0 Å². The van der Waals surface area contributed by atoms with Gasteiger partial charge in [0.05, 0.1) is 0 Å². The van der Waals surface area contributed by atoms with E-state index in [1.807, 2.05) is 55.9 Å². The van der Waals surface area contributed by atoms with E-state index in [-0.39, 0.29) is 35.2 Å². The predicted molar refractivity (Wildman–Crippen MR) is 152 cm³/mol. The van der Waals surface area contributed by atoms with Gasteiger partial charge in [-0.3, -0.25) is 4.79 Å². The minimum atomic E-state index is -1.19. The maximum atomic E-state index is 14.1. The zero-order valence-electron chi connectivity index (χ0n) is 24.1. The van der Waals surface area contributed by atoms with Crippen LogP contribution in [-0.2, 0) is 18.3 Å². The molecule has 0 bridgehead atoms. The number of carbonyl (C=O) groups excluding carboxylic acids is 2. The van der Waals surface area contributed by atoms with Gasteiger partial charge in [-0.2, -0.15) is 0 Å². The molecule has 0 aliphatic carbocycles. The molecule has 2 aromatic heterocycles. The summed E-state index contributed by atoms with van der Waals surface area (Å²) in [5.74, 6) is -0.964. The van der Waals surface area contributed by atoms with Crippen LogP contribution in [0.5, 0.6) is 0 Å². The summed E-state index contributed by atoms with van der Waals surface area (Å²) in [7, 11) is 3.63. The van der Waals surface area contributed by atoms with Crippen molar-refractivity contribution in [3.05, 3.63) is 53.4 Å². The fraction of sp³-hybridized carbons (Fsp3) is 0.533. The Morgan fingerprint density at radius 2 is 1.80 bits per heavy atom. The Morgan fingerprint density at radius 3 is 2.42 bits per heavy atom. The minimum Gasteiger partial charge on any atom is -0.476 e. The average Bonchev–Trinajstić information content (AvgIpc) is 3.31. The number of para-hydroxylation sites is 1. The quantitative estimate of drug-likeness (QED) is 0.390. The number of aromatic carboxylic acids is 1. The van der Waals surface area contributed by atoms with Gasteiger partial charge >= 0.3 is 12.0 Å². The van der Waals surface area contributed by atoms with E-state index < -0.39 is 18.1 Å². The van der Waals surface area contributed by atoms with Crippen molar-refractivity contribution in [1.82, 2.24) is 24.7 Å². The van der Waals surface area contributed by atoms with Gasteiger partial charge in [-0.25, -0.2) is 14.6 Å². The number of oxazole rings is 1. The number of aryl methyl sites for hydroxylation is 2. The van der Waals surface area contributed by atoms with Gasteiger partial charge in [-0.05, 0) is 43.7 Å². The van der Waals surface area contributed by atoms with Crippen LogP contribution in [0.2, 0.25) is 0 Å². The molecule has 2 N–H and O–H groups in total.